The highest BCUT2D eigenvalue weighted by Gasteiger charge is 2.05. The van der Waals surface area contributed by atoms with E-state index in [1.807, 2.05) is 24.3 Å². The van der Waals surface area contributed by atoms with Gasteiger partial charge in [0.25, 0.3) is 5.69 Å². The van der Waals surface area contributed by atoms with Crippen molar-refractivity contribution in [3.05, 3.63) is 69.8 Å². The fraction of sp³-hybridized carbons (Fsp3) is 0.316. The van der Waals surface area contributed by atoms with Crippen molar-refractivity contribution in [2.45, 2.75) is 13.1 Å². The minimum Gasteiger partial charge on any atom is -0.497 e. The molecule has 0 fully saturated rings. The summed E-state index contributed by atoms with van der Waals surface area (Å²) in [4.78, 5) is 14.9. The molecule has 0 saturated carbocycles. The van der Waals surface area contributed by atoms with Crippen molar-refractivity contribution in [2.75, 3.05) is 27.4 Å². The summed E-state index contributed by atoms with van der Waals surface area (Å²) in [5.74, 6) is 1.42. The Morgan fingerprint density at radius 2 is 1.86 bits per heavy atom. The van der Waals surface area contributed by atoms with Gasteiger partial charge in [0, 0.05) is 32.3 Å². The molecule has 0 saturated heterocycles. The van der Waals surface area contributed by atoms with Gasteiger partial charge in [-0.2, -0.15) is 0 Å². The van der Waals surface area contributed by atoms with Gasteiger partial charge in [-0.1, -0.05) is 24.3 Å². The van der Waals surface area contributed by atoms with E-state index in [2.05, 4.69) is 15.6 Å². The van der Waals surface area contributed by atoms with Gasteiger partial charge in [-0.3, -0.25) is 10.1 Å². The van der Waals surface area contributed by atoms with Gasteiger partial charge in [0.2, 0.25) is 0 Å². The number of non-ortho nitro benzene ring substituents is 1. The highest BCUT2D eigenvalue weighted by atomic mass is 127. The van der Waals surface area contributed by atoms with Crippen molar-refractivity contribution in [1.29, 1.82) is 0 Å². The van der Waals surface area contributed by atoms with Crippen LogP contribution in [0.3, 0.4) is 0 Å². The standard InChI is InChI=1S/C19H24N4O4.HI/c1-26-11-10-20-19(22-14-16-4-3-5-18(12-16)27-2)21-13-15-6-8-17(9-7-15)23(24)25;/h3-9,12H,10-11,13-14H2,1-2H3,(H2,20,21,22);1H. The molecule has 0 spiro atoms. The lowest BCUT2D eigenvalue weighted by atomic mass is 10.2. The van der Waals surface area contributed by atoms with Crippen LogP contribution in [0, 0.1) is 10.1 Å². The van der Waals surface area contributed by atoms with Crippen molar-refractivity contribution in [1.82, 2.24) is 10.6 Å². The molecule has 0 heterocycles. The third kappa shape index (κ3) is 8.09. The van der Waals surface area contributed by atoms with E-state index in [0.29, 0.717) is 32.2 Å². The fourth-order valence-corrected chi connectivity index (χ4v) is 2.31. The van der Waals surface area contributed by atoms with Crippen LogP contribution in [-0.4, -0.2) is 38.3 Å². The zero-order chi connectivity index (χ0) is 19.5. The van der Waals surface area contributed by atoms with Crippen LogP contribution in [0.2, 0.25) is 0 Å². The van der Waals surface area contributed by atoms with Crippen LogP contribution in [0.15, 0.2) is 53.5 Å². The van der Waals surface area contributed by atoms with Crippen LogP contribution in [-0.2, 0) is 17.8 Å². The van der Waals surface area contributed by atoms with Crippen molar-refractivity contribution >= 4 is 35.6 Å². The second-order valence-corrected chi connectivity index (χ2v) is 5.71. The first-order chi connectivity index (χ1) is 13.1. The Balaban J connectivity index is 0.00000392. The molecule has 2 aromatic carbocycles. The van der Waals surface area contributed by atoms with Gasteiger partial charge in [0.15, 0.2) is 5.96 Å². The summed E-state index contributed by atoms with van der Waals surface area (Å²) in [7, 11) is 3.27. The van der Waals surface area contributed by atoms with E-state index in [1.54, 1.807) is 26.4 Å². The smallest absolute Gasteiger partial charge is 0.269 e. The molecular weight excluding hydrogens is 475 g/mol. The average Bonchev–Trinajstić information content (AvgIpc) is 2.70. The molecule has 8 nitrogen and oxygen atoms in total. The Hall–Kier alpha value is -2.40. The fourth-order valence-electron chi connectivity index (χ4n) is 2.31. The van der Waals surface area contributed by atoms with Crippen molar-refractivity contribution < 1.29 is 14.4 Å². The van der Waals surface area contributed by atoms with E-state index in [4.69, 9.17) is 9.47 Å². The molecule has 9 heteroatoms. The number of guanidine groups is 1. The molecule has 0 bridgehead atoms. The van der Waals surface area contributed by atoms with Crippen LogP contribution in [0.1, 0.15) is 11.1 Å². The Bertz CT molecular complexity index is 769. The van der Waals surface area contributed by atoms with Gasteiger partial charge in [0.1, 0.15) is 5.75 Å². The highest BCUT2D eigenvalue weighted by molar-refractivity contribution is 14.0. The number of hydrogen-bond donors (Lipinski definition) is 2. The summed E-state index contributed by atoms with van der Waals surface area (Å²) in [5, 5.41) is 17.1. The minimum absolute atomic E-state index is 0. The van der Waals surface area contributed by atoms with E-state index >= 15 is 0 Å². The number of nitrogens with one attached hydrogen (secondary N) is 2. The topological polar surface area (TPSA) is 98.0 Å². The Kier molecular flexibility index (Phi) is 10.9. The van der Waals surface area contributed by atoms with Gasteiger partial charge in [-0.15, -0.1) is 24.0 Å². The Morgan fingerprint density at radius 3 is 2.50 bits per heavy atom. The number of aliphatic imine (C=N–C) groups is 1. The molecule has 0 aliphatic carbocycles. The molecule has 2 aromatic rings. The third-order valence-corrected chi connectivity index (χ3v) is 3.76. The zero-order valence-corrected chi connectivity index (χ0v) is 18.2. The molecule has 0 aliphatic rings. The summed E-state index contributed by atoms with van der Waals surface area (Å²) in [6, 6.07) is 14.1. The van der Waals surface area contributed by atoms with Crippen LogP contribution < -0.4 is 15.4 Å². The molecule has 0 unspecified atom stereocenters. The van der Waals surface area contributed by atoms with Crippen molar-refractivity contribution in [3.8, 4) is 5.75 Å². The lowest BCUT2D eigenvalue weighted by molar-refractivity contribution is -0.384. The number of methoxy groups -OCH3 is 2. The van der Waals surface area contributed by atoms with E-state index in [0.717, 1.165) is 16.9 Å². The first-order valence-corrected chi connectivity index (χ1v) is 8.49. The molecular formula is C19H25IN4O4. The number of nitrogens with zero attached hydrogens (tertiary/aromatic N) is 2. The summed E-state index contributed by atoms with van der Waals surface area (Å²) in [6.07, 6.45) is 0. The number of hydrogen-bond acceptors (Lipinski definition) is 5. The minimum atomic E-state index is -0.412. The largest absolute Gasteiger partial charge is 0.497 e. The molecule has 0 aliphatic heterocycles. The average molecular weight is 500 g/mol. The van der Waals surface area contributed by atoms with E-state index in [1.165, 1.54) is 12.1 Å². The Labute approximate surface area is 181 Å². The molecule has 28 heavy (non-hydrogen) atoms. The Morgan fingerprint density at radius 1 is 1.11 bits per heavy atom. The number of nitro benzene ring substituents is 1. The summed E-state index contributed by atoms with van der Waals surface area (Å²) in [5.41, 5.74) is 2.02. The highest BCUT2D eigenvalue weighted by Crippen LogP contribution is 2.13. The van der Waals surface area contributed by atoms with Crippen molar-refractivity contribution in [2.24, 2.45) is 4.99 Å². The van der Waals surface area contributed by atoms with E-state index in [9.17, 15) is 10.1 Å². The summed E-state index contributed by atoms with van der Waals surface area (Å²) in [6.45, 7) is 2.15. The van der Waals surface area contributed by atoms with Crippen LogP contribution >= 0.6 is 24.0 Å². The second-order valence-electron chi connectivity index (χ2n) is 5.71. The maximum Gasteiger partial charge on any atom is 0.269 e. The molecule has 0 amide bonds. The van der Waals surface area contributed by atoms with Crippen LogP contribution in [0.4, 0.5) is 5.69 Å². The van der Waals surface area contributed by atoms with Gasteiger partial charge < -0.3 is 20.1 Å². The van der Waals surface area contributed by atoms with E-state index in [-0.39, 0.29) is 29.7 Å². The summed E-state index contributed by atoms with van der Waals surface area (Å²) >= 11 is 0. The lowest BCUT2D eigenvalue weighted by Gasteiger charge is -2.13. The second kappa shape index (κ2) is 12.9. The van der Waals surface area contributed by atoms with Crippen LogP contribution in [0.25, 0.3) is 0 Å². The van der Waals surface area contributed by atoms with Gasteiger partial charge in [-0.05, 0) is 23.3 Å². The number of rotatable bonds is 9. The van der Waals surface area contributed by atoms with Crippen LogP contribution in [0.5, 0.6) is 5.75 Å². The number of halogens is 1. The van der Waals surface area contributed by atoms with Gasteiger partial charge >= 0.3 is 0 Å². The number of nitro groups is 1. The third-order valence-electron chi connectivity index (χ3n) is 3.76. The monoisotopic (exact) mass is 500 g/mol. The molecule has 0 atom stereocenters. The number of ether oxygens (including phenoxy) is 2. The lowest BCUT2D eigenvalue weighted by Crippen LogP contribution is -2.38. The predicted octanol–water partition coefficient (Wildman–Crippen LogP) is 3.10. The summed E-state index contributed by atoms with van der Waals surface area (Å²) < 4.78 is 10.3. The normalized spacial score (nSPS) is 10.7. The first-order valence-electron chi connectivity index (χ1n) is 8.49. The molecule has 152 valence electrons. The van der Waals surface area contributed by atoms with Gasteiger partial charge in [0.05, 0.1) is 25.2 Å². The van der Waals surface area contributed by atoms with Gasteiger partial charge in [-0.25, -0.2) is 4.99 Å². The molecule has 2 rings (SSSR count). The quantitative estimate of drug-likeness (QED) is 0.137. The maximum absolute atomic E-state index is 10.7. The molecule has 0 radical (unpaired) electrons. The zero-order valence-electron chi connectivity index (χ0n) is 15.9. The molecule has 2 N–H and O–H groups in total. The first kappa shape index (κ1) is 23.6. The predicted molar refractivity (Wildman–Crippen MR) is 119 cm³/mol. The maximum atomic E-state index is 10.7. The van der Waals surface area contributed by atoms with E-state index < -0.39 is 4.92 Å². The number of benzene rings is 2. The van der Waals surface area contributed by atoms with Crippen molar-refractivity contribution in [3.63, 3.8) is 0 Å². The molecule has 0 aromatic heterocycles. The SMILES string of the molecule is COCCNC(=NCc1cccc(OC)c1)NCc1ccc([N+](=O)[O-])cc1.I.